The Bertz CT molecular complexity index is 537. The molecule has 5 heteroatoms. The third-order valence-corrected chi connectivity index (χ3v) is 3.52. The van der Waals surface area contributed by atoms with Gasteiger partial charge in [0.1, 0.15) is 5.54 Å². The molecule has 0 N–H and O–H groups in total. The van der Waals surface area contributed by atoms with Crippen molar-refractivity contribution < 1.29 is 14.4 Å². The fraction of sp³-hybridized carbons (Fsp3) is 0.357. The lowest BCUT2D eigenvalue weighted by Crippen LogP contribution is -2.42. The average Bonchev–Trinajstić information content (AvgIpc) is 2.55. The summed E-state index contributed by atoms with van der Waals surface area (Å²) < 4.78 is 0. The van der Waals surface area contributed by atoms with E-state index in [4.69, 9.17) is 0 Å². The molecule has 19 heavy (non-hydrogen) atoms. The van der Waals surface area contributed by atoms with Crippen LogP contribution in [-0.4, -0.2) is 46.7 Å². The van der Waals surface area contributed by atoms with Crippen molar-refractivity contribution in [2.24, 2.45) is 0 Å². The molecule has 0 atom stereocenters. The van der Waals surface area contributed by atoms with Crippen LogP contribution in [0, 0.1) is 0 Å². The van der Waals surface area contributed by atoms with Crippen LogP contribution in [0.3, 0.4) is 0 Å². The fourth-order valence-corrected chi connectivity index (χ4v) is 1.98. The number of rotatable bonds is 3. The molecule has 1 aliphatic heterocycles. The first-order valence-electron chi connectivity index (χ1n) is 6.03. The summed E-state index contributed by atoms with van der Waals surface area (Å²) in [6.45, 7) is 3.12. The predicted octanol–water partition coefficient (Wildman–Crippen LogP) is 1.54. The SMILES string of the molecule is CN1C(=O)N(CC(=O)c2ccccc2)C(=O)C1(C)C. The van der Waals surface area contributed by atoms with E-state index in [0.29, 0.717) is 5.56 Å². The minimum Gasteiger partial charge on any atom is -0.313 e. The third-order valence-electron chi connectivity index (χ3n) is 3.52. The van der Waals surface area contributed by atoms with Gasteiger partial charge >= 0.3 is 6.03 Å². The van der Waals surface area contributed by atoms with Crippen molar-refractivity contribution in [3.05, 3.63) is 35.9 Å². The van der Waals surface area contributed by atoms with Crippen LogP contribution in [-0.2, 0) is 4.79 Å². The largest absolute Gasteiger partial charge is 0.327 e. The fourth-order valence-electron chi connectivity index (χ4n) is 1.98. The van der Waals surface area contributed by atoms with Gasteiger partial charge in [-0.15, -0.1) is 0 Å². The molecular weight excluding hydrogens is 244 g/mol. The molecule has 0 aliphatic carbocycles. The van der Waals surface area contributed by atoms with Gasteiger partial charge in [-0.25, -0.2) is 4.79 Å². The molecule has 0 unspecified atom stereocenters. The van der Waals surface area contributed by atoms with Gasteiger partial charge in [0, 0.05) is 12.6 Å². The molecule has 5 nitrogen and oxygen atoms in total. The van der Waals surface area contributed by atoms with Gasteiger partial charge < -0.3 is 4.90 Å². The summed E-state index contributed by atoms with van der Waals surface area (Å²) in [5, 5.41) is 0. The van der Waals surface area contributed by atoms with Gasteiger partial charge in [0.2, 0.25) is 0 Å². The van der Waals surface area contributed by atoms with Crippen LogP contribution >= 0.6 is 0 Å². The molecule has 0 radical (unpaired) electrons. The van der Waals surface area contributed by atoms with Gasteiger partial charge in [0.05, 0.1) is 6.54 Å². The smallest absolute Gasteiger partial charge is 0.313 e. The molecule has 1 fully saturated rings. The molecule has 2 rings (SSSR count). The Morgan fingerprint density at radius 1 is 1.16 bits per heavy atom. The van der Waals surface area contributed by atoms with E-state index in [0.717, 1.165) is 4.90 Å². The van der Waals surface area contributed by atoms with E-state index in [1.165, 1.54) is 4.90 Å². The highest BCUT2D eigenvalue weighted by molar-refractivity contribution is 6.10. The van der Waals surface area contributed by atoms with Gasteiger partial charge in [0.15, 0.2) is 5.78 Å². The highest BCUT2D eigenvalue weighted by Crippen LogP contribution is 2.25. The van der Waals surface area contributed by atoms with Crippen LogP contribution in [0.1, 0.15) is 24.2 Å². The van der Waals surface area contributed by atoms with Crippen LogP contribution < -0.4 is 0 Å². The molecule has 0 bridgehead atoms. The highest BCUT2D eigenvalue weighted by atomic mass is 16.2. The van der Waals surface area contributed by atoms with E-state index < -0.39 is 11.6 Å². The summed E-state index contributed by atoms with van der Waals surface area (Å²) in [6.07, 6.45) is 0. The summed E-state index contributed by atoms with van der Waals surface area (Å²) in [5.74, 6) is -0.585. The molecule has 1 heterocycles. The molecule has 0 spiro atoms. The normalized spacial score (nSPS) is 18.1. The van der Waals surface area contributed by atoms with Crippen LogP contribution in [0.15, 0.2) is 30.3 Å². The molecule has 0 saturated carbocycles. The zero-order valence-electron chi connectivity index (χ0n) is 11.2. The Balaban J connectivity index is 2.19. The summed E-state index contributed by atoms with van der Waals surface area (Å²) in [4.78, 5) is 38.5. The Kier molecular flexibility index (Phi) is 3.14. The number of urea groups is 1. The number of amides is 3. The maximum atomic E-state index is 12.1. The molecule has 3 amide bonds. The summed E-state index contributed by atoms with van der Waals surface area (Å²) in [7, 11) is 1.56. The monoisotopic (exact) mass is 260 g/mol. The molecule has 0 aromatic heterocycles. The molecule has 1 saturated heterocycles. The Labute approximate surface area is 111 Å². The summed E-state index contributed by atoms with van der Waals surface area (Å²) in [5.41, 5.74) is -0.399. The minimum absolute atomic E-state index is 0.213. The lowest BCUT2D eigenvalue weighted by molar-refractivity contribution is -0.131. The number of likely N-dealkylation sites (N-methyl/N-ethyl adjacent to an activating group) is 1. The van der Waals surface area contributed by atoms with E-state index in [1.807, 2.05) is 0 Å². The third kappa shape index (κ3) is 2.12. The Hall–Kier alpha value is -2.17. The van der Waals surface area contributed by atoms with Crippen molar-refractivity contribution >= 4 is 17.7 Å². The summed E-state index contributed by atoms with van der Waals surface area (Å²) >= 11 is 0. The van der Waals surface area contributed by atoms with Crippen molar-refractivity contribution in [2.75, 3.05) is 13.6 Å². The van der Waals surface area contributed by atoms with Crippen LogP contribution in [0.4, 0.5) is 4.79 Å². The number of nitrogens with zero attached hydrogens (tertiary/aromatic N) is 2. The first-order valence-corrected chi connectivity index (χ1v) is 6.03. The molecule has 100 valence electrons. The number of carbonyl (C=O) groups excluding carboxylic acids is 3. The number of carbonyl (C=O) groups is 3. The lowest BCUT2D eigenvalue weighted by Gasteiger charge is -2.22. The van der Waals surface area contributed by atoms with Gasteiger partial charge in [-0.1, -0.05) is 30.3 Å². The van der Waals surface area contributed by atoms with E-state index in [9.17, 15) is 14.4 Å². The number of imide groups is 1. The maximum Gasteiger partial charge on any atom is 0.327 e. The highest BCUT2D eigenvalue weighted by Gasteiger charge is 2.49. The second-order valence-corrected chi connectivity index (χ2v) is 5.08. The van der Waals surface area contributed by atoms with E-state index in [2.05, 4.69) is 0 Å². The second kappa shape index (κ2) is 4.50. The van der Waals surface area contributed by atoms with E-state index in [1.54, 1.807) is 51.2 Å². The second-order valence-electron chi connectivity index (χ2n) is 5.08. The number of Topliss-reactive ketones (excluding diaryl/α,β-unsaturated/α-hetero) is 1. The van der Waals surface area contributed by atoms with Crippen molar-refractivity contribution in [3.8, 4) is 0 Å². The zero-order valence-corrected chi connectivity index (χ0v) is 11.2. The van der Waals surface area contributed by atoms with Crippen molar-refractivity contribution in [3.63, 3.8) is 0 Å². The van der Waals surface area contributed by atoms with Crippen molar-refractivity contribution in [1.82, 2.24) is 9.80 Å². The van der Waals surface area contributed by atoms with Gasteiger partial charge in [-0.2, -0.15) is 0 Å². The number of ketones is 1. The maximum absolute atomic E-state index is 12.1. The van der Waals surface area contributed by atoms with Gasteiger partial charge in [0.25, 0.3) is 5.91 Å². The lowest BCUT2D eigenvalue weighted by atomic mass is 10.0. The molecule has 1 aromatic carbocycles. The topological polar surface area (TPSA) is 57.7 Å². The van der Waals surface area contributed by atoms with E-state index >= 15 is 0 Å². The predicted molar refractivity (Wildman–Crippen MR) is 69.7 cm³/mol. The minimum atomic E-state index is -0.895. The van der Waals surface area contributed by atoms with E-state index in [-0.39, 0.29) is 18.2 Å². The van der Waals surface area contributed by atoms with Crippen LogP contribution in [0.25, 0.3) is 0 Å². The van der Waals surface area contributed by atoms with Crippen molar-refractivity contribution in [1.29, 1.82) is 0 Å². The molecule has 1 aromatic rings. The van der Waals surface area contributed by atoms with Gasteiger partial charge in [-0.3, -0.25) is 14.5 Å². The average molecular weight is 260 g/mol. The number of hydrogen-bond donors (Lipinski definition) is 0. The number of hydrogen-bond acceptors (Lipinski definition) is 3. The van der Waals surface area contributed by atoms with Crippen LogP contribution in [0.2, 0.25) is 0 Å². The summed E-state index contributed by atoms with van der Waals surface area (Å²) in [6, 6.07) is 8.21. The Morgan fingerprint density at radius 2 is 1.74 bits per heavy atom. The van der Waals surface area contributed by atoms with Crippen LogP contribution in [0.5, 0.6) is 0 Å². The quantitative estimate of drug-likeness (QED) is 0.612. The Morgan fingerprint density at radius 3 is 2.21 bits per heavy atom. The zero-order chi connectivity index (χ0) is 14.2. The molecular formula is C14H16N2O3. The first-order chi connectivity index (χ1) is 8.85. The van der Waals surface area contributed by atoms with Crippen molar-refractivity contribution in [2.45, 2.75) is 19.4 Å². The first kappa shape index (κ1) is 13.3. The number of benzene rings is 1. The molecule has 1 aliphatic rings. The van der Waals surface area contributed by atoms with Gasteiger partial charge in [-0.05, 0) is 13.8 Å². The standard InChI is InChI=1S/C14H16N2O3/c1-14(2)12(18)16(13(19)15(14)3)9-11(17)10-7-5-4-6-8-10/h4-8H,9H2,1-3H3.